The smallest absolute Gasteiger partial charge is 0.307 e. The van der Waals surface area contributed by atoms with Crippen molar-refractivity contribution in [3.05, 3.63) is 57.5 Å². The minimum Gasteiger partial charge on any atom is -0.456 e. The van der Waals surface area contributed by atoms with E-state index in [1.807, 2.05) is 0 Å². The van der Waals surface area contributed by atoms with Gasteiger partial charge in [0.15, 0.2) is 6.61 Å². The predicted octanol–water partition coefficient (Wildman–Crippen LogP) is 3.50. The second-order valence-electron chi connectivity index (χ2n) is 5.41. The second kappa shape index (κ2) is 10.1. The number of esters is 1. The summed E-state index contributed by atoms with van der Waals surface area (Å²) in [5.74, 6) is -1.38. The molecule has 0 atom stereocenters. The fraction of sp³-hybridized carbons (Fsp3) is 0.176. The first-order valence-corrected chi connectivity index (χ1v) is 10.5. The zero-order chi connectivity index (χ0) is 20.7. The highest BCUT2D eigenvalue weighted by atomic mass is 35.5. The van der Waals surface area contributed by atoms with Crippen LogP contribution in [-0.4, -0.2) is 33.4 Å². The van der Waals surface area contributed by atoms with Crippen molar-refractivity contribution in [1.82, 2.24) is 4.72 Å². The quantitative estimate of drug-likeness (QED) is 0.581. The molecule has 0 saturated heterocycles. The van der Waals surface area contributed by atoms with E-state index in [0.29, 0.717) is 5.02 Å². The van der Waals surface area contributed by atoms with Gasteiger partial charge >= 0.3 is 5.97 Å². The third-order valence-electron chi connectivity index (χ3n) is 3.34. The van der Waals surface area contributed by atoms with Gasteiger partial charge in [-0.1, -0.05) is 40.9 Å². The standard InChI is InChI=1S/C17H15Cl3N2O5S/c18-11-4-6-12(7-5-11)28(25,26)21-9-8-16(24)27-10-15(23)22-17-13(19)2-1-3-14(17)20/h1-7,21H,8-10H2,(H,22,23). The van der Waals surface area contributed by atoms with Crippen LogP contribution in [0.3, 0.4) is 0 Å². The number of halogens is 3. The van der Waals surface area contributed by atoms with E-state index < -0.39 is 28.5 Å². The van der Waals surface area contributed by atoms with Crippen molar-refractivity contribution in [3.63, 3.8) is 0 Å². The zero-order valence-electron chi connectivity index (χ0n) is 14.2. The highest BCUT2D eigenvalue weighted by Crippen LogP contribution is 2.29. The van der Waals surface area contributed by atoms with Gasteiger partial charge in [0.05, 0.1) is 27.0 Å². The Balaban J connectivity index is 1.76. The lowest BCUT2D eigenvalue weighted by Gasteiger charge is -2.10. The average molecular weight is 466 g/mol. The van der Waals surface area contributed by atoms with Gasteiger partial charge in [0.2, 0.25) is 10.0 Å². The first-order chi connectivity index (χ1) is 13.2. The van der Waals surface area contributed by atoms with Crippen LogP contribution in [0.4, 0.5) is 5.69 Å². The van der Waals surface area contributed by atoms with E-state index >= 15 is 0 Å². The van der Waals surface area contributed by atoms with E-state index in [0.717, 1.165) is 0 Å². The number of rotatable bonds is 8. The molecule has 7 nitrogen and oxygen atoms in total. The highest BCUT2D eigenvalue weighted by molar-refractivity contribution is 7.89. The molecule has 0 radical (unpaired) electrons. The van der Waals surface area contributed by atoms with Gasteiger partial charge in [-0.2, -0.15) is 0 Å². The summed E-state index contributed by atoms with van der Waals surface area (Å²) in [4.78, 5) is 23.5. The monoisotopic (exact) mass is 464 g/mol. The largest absolute Gasteiger partial charge is 0.456 e. The Labute approximate surface area is 177 Å². The molecule has 28 heavy (non-hydrogen) atoms. The Morgan fingerprint density at radius 3 is 2.18 bits per heavy atom. The lowest BCUT2D eigenvalue weighted by atomic mass is 10.3. The molecule has 150 valence electrons. The topological polar surface area (TPSA) is 102 Å². The average Bonchev–Trinajstić information content (AvgIpc) is 2.63. The summed E-state index contributed by atoms with van der Waals surface area (Å²) < 4.78 is 31.2. The van der Waals surface area contributed by atoms with Crippen LogP contribution < -0.4 is 10.0 Å². The molecule has 2 aromatic rings. The Morgan fingerprint density at radius 2 is 1.57 bits per heavy atom. The molecule has 0 aliphatic rings. The van der Waals surface area contributed by atoms with E-state index in [1.54, 1.807) is 18.2 Å². The molecular formula is C17H15Cl3N2O5S. The number of carbonyl (C=O) groups excluding carboxylic acids is 2. The molecule has 2 rings (SSSR count). The van der Waals surface area contributed by atoms with Crippen LogP contribution in [0.1, 0.15) is 6.42 Å². The highest BCUT2D eigenvalue weighted by Gasteiger charge is 2.15. The summed E-state index contributed by atoms with van der Waals surface area (Å²) in [5, 5.41) is 3.32. The molecule has 0 aliphatic heterocycles. The van der Waals surface area contributed by atoms with Gasteiger partial charge in [0.1, 0.15) is 0 Å². The summed E-state index contributed by atoms with van der Waals surface area (Å²) in [6.07, 6.45) is -0.257. The number of amides is 1. The fourth-order valence-electron chi connectivity index (χ4n) is 2.00. The molecule has 1 amide bonds. The van der Waals surface area contributed by atoms with E-state index in [1.165, 1.54) is 24.3 Å². The van der Waals surface area contributed by atoms with Crippen molar-refractivity contribution in [2.45, 2.75) is 11.3 Å². The first-order valence-electron chi connectivity index (χ1n) is 7.84. The van der Waals surface area contributed by atoms with Crippen LogP contribution in [0.5, 0.6) is 0 Å². The summed E-state index contributed by atoms with van der Waals surface area (Å²) in [7, 11) is -3.78. The Morgan fingerprint density at radius 1 is 0.964 bits per heavy atom. The summed E-state index contributed by atoms with van der Waals surface area (Å²) in [6, 6.07) is 10.3. The number of hydrogen-bond donors (Lipinski definition) is 2. The van der Waals surface area contributed by atoms with Crippen LogP contribution in [0.25, 0.3) is 0 Å². The lowest BCUT2D eigenvalue weighted by molar-refractivity contribution is -0.147. The molecule has 0 aromatic heterocycles. The zero-order valence-corrected chi connectivity index (χ0v) is 17.3. The van der Waals surface area contributed by atoms with Gasteiger partial charge in [-0.25, -0.2) is 13.1 Å². The Bertz CT molecular complexity index is 945. The number of para-hydroxylation sites is 1. The van der Waals surface area contributed by atoms with Gasteiger partial charge in [-0.05, 0) is 36.4 Å². The molecular weight excluding hydrogens is 451 g/mol. The minimum atomic E-state index is -3.78. The molecule has 0 bridgehead atoms. The van der Waals surface area contributed by atoms with E-state index in [-0.39, 0.29) is 33.6 Å². The molecule has 0 saturated carbocycles. The van der Waals surface area contributed by atoms with Crippen molar-refractivity contribution in [3.8, 4) is 0 Å². The van der Waals surface area contributed by atoms with Crippen molar-refractivity contribution in [1.29, 1.82) is 0 Å². The van der Waals surface area contributed by atoms with E-state index in [2.05, 4.69) is 10.0 Å². The number of benzene rings is 2. The van der Waals surface area contributed by atoms with Gasteiger partial charge in [-0.15, -0.1) is 0 Å². The molecule has 0 unspecified atom stereocenters. The van der Waals surface area contributed by atoms with Crippen molar-refractivity contribution < 1.29 is 22.7 Å². The molecule has 0 aliphatic carbocycles. The maximum atomic E-state index is 12.1. The van der Waals surface area contributed by atoms with Crippen molar-refractivity contribution >= 4 is 62.4 Å². The normalized spacial score (nSPS) is 11.1. The second-order valence-corrected chi connectivity index (χ2v) is 8.43. The molecule has 11 heteroatoms. The molecule has 0 fully saturated rings. The van der Waals surface area contributed by atoms with Gasteiger partial charge in [0.25, 0.3) is 5.91 Å². The van der Waals surface area contributed by atoms with Gasteiger partial charge < -0.3 is 10.1 Å². The molecule has 0 heterocycles. The molecule has 2 N–H and O–H groups in total. The lowest BCUT2D eigenvalue weighted by Crippen LogP contribution is -2.28. The minimum absolute atomic E-state index is 0.0151. The fourth-order valence-corrected chi connectivity index (χ4v) is 3.65. The Hall–Kier alpha value is -1.84. The van der Waals surface area contributed by atoms with Gasteiger partial charge in [-0.3, -0.25) is 9.59 Å². The van der Waals surface area contributed by atoms with Crippen molar-refractivity contribution in [2.24, 2.45) is 0 Å². The molecule has 0 spiro atoms. The summed E-state index contributed by atoms with van der Waals surface area (Å²) in [6.45, 7) is -0.758. The third kappa shape index (κ3) is 6.65. The van der Waals surface area contributed by atoms with Crippen LogP contribution in [0.2, 0.25) is 15.1 Å². The SMILES string of the molecule is O=C(COC(=O)CCNS(=O)(=O)c1ccc(Cl)cc1)Nc1c(Cl)cccc1Cl. The van der Waals surface area contributed by atoms with E-state index in [4.69, 9.17) is 39.5 Å². The maximum absolute atomic E-state index is 12.1. The van der Waals surface area contributed by atoms with Gasteiger partial charge in [0, 0.05) is 11.6 Å². The predicted molar refractivity (Wildman–Crippen MR) is 107 cm³/mol. The number of sulfonamides is 1. The van der Waals surface area contributed by atoms with Crippen LogP contribution in [-0.2, 0) is 24.3 Å². The number of carbonyl (C=O) groups is 2. The summed E-state index contributed by atoms with van der Waals surface area (Å²) >= 11 is 17.6. The first kappa shape index (κ1) is 22.4. The van der Waals surface area contributed by atoms with Crippen LogP contribution in [0, 0.1) is 0 Å². The molecule has 2 aromatic carbocycles. The van der Waals surface area contributed by atoms with Crippen molar-refractivity contribution in [2.75, 3.05) is 18.5 Å². The number of ether oxygens (including phenoxy) is 1. The van der Waals surface area contributed by atoms with Crippen LogP contribution in [0.15, 0.2) is 47.4 Å². The summed E-state index contributed by atoms with van der Waals surface area (Å²) in [5.41, 5.74) is 0.211. The number of hydrogen-bond acceptors (Lipinski definition) is 5. The maximum Gasteiger partial charge on any atom is 0.307 e. The third-order valence-corrected chi connectivity index (χ3v) is 5.70. The Kier molecular flexibility index (Phi) is 8.09. The van der Waals surface area contributed by atoms with E-state index in [9.17, 15) is 18.0 Å². The van der Waals surface area contributed by atoms with Crippen LogP contribution >= 0.6 is 34.8 Å². The number of anilines is 1. The number of nitrogens with one attached hydrogen (secondary N) is 2.